The van der Waals surface area contributed by atoms with Crippen LogP contribution in [0.3, 0.4) is 0 Å². The molecule has 106 valence electrons. The van der Waals surface area contributed by atoms with Crippen molar-refractivity contribution in [3.05, 3.63) is 21.3 Å². The molecule has 0 radical (unpaired) electrons. The van der Waals surface area contributed by atoms with Gasteiger partial charge < -0.3 is 15.1 Å². The quantitative estimate of drug-likeness (QED) is 0.932. The highest BCUT2D eigenvalue weighted by molar-refractivity contribution is 7.16. The van der Waals surface area contributed by atoms with Crippen LogP contribution >= 0.6 is 22.9 Å². The van der Waals surface area contributed by atoms with Crippen LogP contribution in [0.5, 0.6) is 0 Å². The van der Waals surface area contributed by atoms with Gasteiger partial charge in [-0.3, -0.25) is 0 Å². The van der Waals surface area contributed by atoms with Crippen molar-refractivity contribution in [2.24, 2.45) is 0 Å². The van der Waals surface area contributed by atoms with Gasteiger partial charge in [-0.05, 0) is 25.6 Å². The minimum absolute atomic E-state index is 0.00852. The van der Waals surface area contributed by atoms with E-state index in [2.05, 4.69) is 17.1 Å². The molecule has 0 bridgehead atoms. The lowest BCUT2D eigenvalue weighted by Gasteiger charge is -2.34. The Balaban J connectivity index is 1.84. The summed E-state index contributed by atoms with van der Waals surface area (Å²) in [4.78, 5) is 17.5. The first kappa shape index (κ1) is 14.6. The van der Waals surface area contributed by atoms with Gasteiger partial charge in [0.15, 0.2) is 0 Å². The van der Waals surface area contributed by atoms with E-state index in [0.717, 1.165) is 41.9 Å². The fourth-order valence-electron chi connectivity index (χ4n) is 2.18. The topological polar surface area (TPSA) is 35.6 Å². The highest BCUT2D eigenvalue weighted by atomic mass is 35.5. The second-order valence-electron chi connectivity index (χ2n) is 4.73. The van der Waals surface area contributed by atoms with Crippen LogP contribution in [0.4, 0.5) is 4.79 Å². The third kappa shape index (κ3) is 3.84. The van der Waals surface area contributed by atoms with E-state index in [-0.39, 0.29) is 12.1 Å². The Hall–Kier alpha value is -0.780. The Bertz CT molecular complexity index is 429. The molecule has 0 saturated carbocycles. The molecular formula is C13H20ClN3OS. The summed E-state index contributed by atoms with van der Waals surface area (Å²) in [5, 5.41) is 3.03. The Kier molecular flexibility index (Phi) is 5.07. The number of amides is 2. The summed E-state index contributed by atoms with van der Waals surface area (Å²) in [6.07, 6.45) is 0. The molecule has 1 fully saturated rings. The van der Waals surface area contributed by atoms with Gasteiger partial charge >= 0.3 is 6.03 Å². The van der Waals surface area contributed by atoms with E-state index >= 15 is 0 Å². The van der Waals surface area contributed by atoms with Crippen molar-refractivity contribution in [3.63, 3.8) is 0 Å². The molecule has 0 aliphatic carbocycles. The van der Waals surface area contributed by atoms with E-state index in [4.69, 9.17) is 11.6 Å². The fourth-order valence-corrected chi connectivity index (χ4v) is 3.24. The van der Waals surface area contributed by atoms with Crippen molar-refractivity contribution in [3.8, 4) is 0 Å². The molecule has 1 aliphatic heterocycles. The van der Waals surface area contributed by atoms with Crippen molar-refractivity contribution >= 4 is 29.0 Å². The molecule has 1 atom stereocenters. The summed E-state index contributed by atoms with van der Waals surface area (Å²) < 4.78 is 0.757. The van der Waals surface area contributed by atoms with Crippen molar-refractivity contribution in [1.82, 2.24) is 15.1 Å². The lowest BCUT2D eigenvalue weighted by Crippen LogP contribution is -2.51. The lowest BCUT2D eigenvalue weighted by molar-refractivity contribution is 0.141. The molecule has 1 N–H and O–H groups in total. The van der Waals surface area contributed by atoms with Crippen molar-refractivity contribution in [1.29, 1.82) is 0 Å². The van der Waals surface area contributed by atoms with Crippen LogP contribution in [0.2, 0.25) is 4.34 Å². The number of carbonyl (C=O) groups excluding carboxylic acids is 1. The molecule has 1 unspecified atom stereocenters. The van der Waals surface area contributed by atoms with Gasteiger partial charge in [0.2, 0.25) is 0 Å². The third-order valence-corrected chi connectivity index (χ3v) is 4.88. The normalized spacial score (nSPS) is 18.4. The van der Waals surface area contributed by atoms with E-state index in [1.54, 1.807) is 0 Å². The number of halogens is 1. The Morgan fingerprint density at radius 2 is 2.11 bits per heavy atom. The number of rotatable bonds is 3. The van der Waals surface area contributed by atoms with Crippen molar-refractivity contribution < 1.29 is 4.79 Å². The number of hydrogen-bond acceptors (Lipinski definition) is 3. The van der Waals surface area contributed by atoms with E-state index < -0.39 is 0 Å². The largest absolute Gasteiger partial charge is 0.331 e. The number of thiophene rings is 1. The summed E-state index contributed by atoms with van der Waals surface area (Å²) in [5.74, 6) is 0. The van der Waals surface area contributed by atoms with Gasteiger partial charge in [-0.25, -0.2) is 4.79 Å². The zero-order valence-corrected chi connectivity index (χ0v) is 12.9. The first-order chi connectivity index (χ1) is 9.10. The number of hydrogen-bond donors (Lipinski definition) is 1. The number of urea groups is 1. The Morgan fingerprint density at radius 1 is 1.42 bits per heavy atom. The first-order valence-electron chi connectivity index (χ1n) is 6.63. The zero-order valence-electron chi connectivity index (χ0n) is 11.4. The molecule has 19 heavy (non-hydrogen) atoms. The second kappa shape index (κ2) is 6.59. The Labute approximate surface area is 123 Å². The van der Waals surface area contributed by atoms with E-state index in [0.29, 0.717) is 0 Å². The van der Waals surface area contributed by atoms with Crippen molar-refractivity contribution in [2.45, 2.75) is 19.9 Å². The molecule has 1 aliphatic rings. The maximum Gasteiger partial charge on any atom is 0.317 e. The molecule has 0 aromatic carbocycles. The Morgan fingerprint density at radius 3 is 2.63 bits per heavy atom. The van der Waals surface area contributed by atoms with E-state index in [1.165, 1.54) is 11.3 Å². The first-order valence-corrected chi connectivity index (χ1v) is 7.82. The third-order valence-electron chi connectivity index (χ3n) is 3.47. The molecule has 0 spiro atoms. The highest BCUT2D eigenvalue weighted by Crippen LogP contribution is 2.26. The van der Waals surface area contributed by atoms with Crippen LogP contribution in [0, 0.1) is 0 Å². The van der Waals surface area contributed by atoms with Gasteiger partial charge in [-0.2, -0.15) is 0 Å². The van der Waals surface area contributed by atoms with Gasteiger partial charge in [0.25, 0.3) is 0 Å². The van der Waals surface area contributed by atoms with Crippen LogP contribution in [0.1, 0.15) is 24.8 Å². The van der Waals surface area contributed by atoms with Crippen LogP contribution in [0.25, 0.3) is 0 Å². The molecule has 2 rings (SSSR count). The predicted molar refractivity (Wildman–Crippen MR) is 80.0 cm³/mol. The van der Waals surface area contributed by atoms with Gasteiger partial charge in [-0.1, -0.05) is 18.5 Å². The molecule has 2 amide bonds. The average Bonchev–Trinajstić information content (AvgIpc) is 2.85. The van der Waals surface area contributed by atoms with Gasteiger partial charge in [0.05, 0.1) is 10.4 Å². The van der Waals surface area contributed by atoms with Gasteiger partial charge in [0, 0.05) is 31.1 Å². The number of nitrogens with one attached hydrogen (secondary N) is 1. The smallest absolute Gasteiger partial charge is 0.317 e. The van der Waals surface area contributed by atoms with E-state index in [9.17, 15) is 4.79 Å². The molecule has 2 heterocycles. The highest BCUT2D eigenvalue weighted by Gasteiger charge is 2.21. The summed E-state index contributed by atoms with van der Waals surface area (Å²) in [6.45, 7) is 8.72. The van der Waals surface area contributed by atoms with E-state index in [1.807, 2.05) is 24.0 Å². The van der Waals surface area contributed by atoms with Crippen LogP contribution < -0.4 is 5.32 Å². The molecule has 1 saturated heterocycles. The van der Waals surface area contributed by atoms with Crippen LogP contribution in [-0.2, 0) is 0 Å². The number of nitrogens with zero attached hydrogens (tertiary/aromatic N) is 2. The molecule has 6 heteroatoms. The summed E-state index contributed by atoms with van der Waals surface area (Å²) in [5.41, 5.74) is 0. The van der Waals surface area contributed by atoms with Crippen LogP contribution in [-0.4, -0.2) is 48.6 Å². The lowest BCUT2D eigenvalue weighted by atomic mass is 10.3. The maximum atomic E-state index is 12.2. The SMILES string of the molecule is CCN1CCN(C(=O)NC(C)c2ccc(Cl)s2)CC1. The summed E-state index contributed by atoms with van der Waals surface area (Å²) in [6, 6.07) is 3.86. The van der Waals surface area contributed by atoms with Crippen molar-refractivity contribution in [2.75, 3.05) is 32.7 Å². The molecule has 4 nitrogen and oxygen atoms in total. The molecule has 1 aromatic heterocycles. The predicted octanol–water partition coefficient (Wildman–Crippen LogP) is 2.81. The number of likely N-dealkylation sites (N-methyl/N-ethyl adjacent to an activating group) is 1. The number of carbonyl (C=O) groups is 1. The van der Waals surface area contributed by atoms with Gasteiger partial charge in [-0.15, -0.1) is 11.3 Å². The number of piperazine rings is 1. The monoisotopic (exact) mass is 301 g/mol. The fraction of sp³-hybridized carbons (Fsp3) is 0.615. The standard InChI is InChI=1S/C13H20ClN3OS/c1-3-16-6-8-17(9-7-16)13(18)15-10(2)11-4-5-12(14)19-11/h4-5,10H,3,6-9H2,1-2H3,(H,15,18). The summed E-state index contributed by atoms with van der Waals surface area (Å²) in [7, 11) is 0. The minimum Gasteiger partial charge on any atom is -0.331 e. The zero-order chi connectivity index (χ0) is 13.8. The minimum atomic E-state index is 0.00852. The summed E-state index contributed by atoms with van der Waals surface area (Å²) >= 11 is 7.42. The van der Waals surface area contributed by atoms with Gasteiger partial charge in [0.1, 0.15) is 0 Å². The second-order valence-corrected chi connectivity index (χ2v) is 6.48. The molecular weight excluding hydrogens is 282 g/mol. The van der Waals surface area contributed by atoms with Crippen LogP contribution in [0.15, 0.2) is 12.1 Å². The average molecular weight is 302 g/mol. The molecule has 1 aromatic rings. The maximum absolute atomic E-state index is 12.2.